The molecule has 0 aliphatic carbocycles. The molecule has 0 spiro atoms. The summed E-state index contributed by atoms with van der Waals surface area (Å²) in [5, 5.41) is 9.18. The van der Waals surface area contributed by atoms with Gasteiger partial charge in [0.15, 0.2) is 0 Å². The van der Waals surface area contributed by atoms with Crippen LogP contribution >= 0.6 is 0 Å². The molecule has 2 fully saturated rings. The maximum Gasteiger partial charge on any atom is 0.308 e. The van der Waals surface area contributed by atoms with Crippen molar-refractivity contribution in [3.63, 3.8) is 0 Å². The third kappa shape index (κ3) is 3.45. The van der Waals surface area contributed by atoms with E-state index in [9.17, 15) is 19.5 Å². The van der Waals surface area contributed by atoms with Crippen molar-refractivity contribution in [2.45, 2.75) is 19.3 Å². The fourth-order valence-electron chi connectivity index (χ4n) is 3.60. The number of amides is 2. The number of carboxylic acid groups (broad SMARTS) is 1. The molecule has 25 heavy (non-hydrogen) atoms. The molecular weight excluding hydrogens is 324 g/mol. The number of piperidine rings is 1. The van der Waals surface area contributed by atoms with Gasteiger partial charge in [0.2, 0.25) is 11.8 Å². The summed E-state index contributed by atoms with van der Waals surface area (Å²) in [6, 6.07) is 7.22. The number of para-hydroxylation sites is 2. The van der Waals surface area contributed by atoms with E-state index < -0.39 is 17.8 Å². The van der Waals surface area contributed by atoms with Gasteiger partial charge in [0.1, 0.15) is 5.75 Å². The first kappa shape index (κ1) is 17.3. The SMILES string of the molecule is COc1ccccc1N1CC(C(=O)N2CCCC(C(=O)O)C2)CC1=O. The van der Waals surface area contributed by atoms with E-state index in [1.807, 2.05) is 12.1 Å². The van der Waals surface area contributed by atoms with Crippen LogP contribution in [0.15, 0.2) is 24.3 Å². The molecule has 134 valence electrons. The van der Waals surface area contributed by atoms with Crippen molar-refractivity contribution in [3.8, 4) is 5.75 Å². The highest BCUT2D eigenvalue weighted by molar-refractivity contribution is 6.01. The van der Waals surface area contributed by atoms with Crippen molar-refractivity contribution in [1.29, 1.82) is 0 Å². The Balaban J connectivity index is 1.71. The third-order valence-electron chi connectivity index (χ3n) is 4.93. The summed E-state index contributed by atoms with van der Waals surface area (Å²) in [5.74, 6) is -1.47. The van der Waals surface area contributed by atoms with E-state index in [0.717, 1.165) is 0 Å². The second kappa shape index (κ2) is 7.13. The van der Waals surface area contributed by atoms with Gasteiger partial charge in [-0.15, -0.1) is 0 Å². The summed E-state index contributed by atoms with van der Waals surface area (Å²) in [6.07, 6.45) is 1.42. The molecule has 0 aromatic heterocycles. The quantitative estimate of drug-likeness (QED) is 0.890. The van der Waals surface area contributed by atoms with Gasteiger partial charge in [-0.1, -0.05) is 12.1 Å². The lowest BCUT2D eigenvalue weighted by atomic mass is 9.96. The molecule has 2 amide bonds. The van der Waals surface area contributed by atoms with Crippen LogP contribution in [0.1, 0.15) is 19.3 Å². The summed E-state index contributed by atoms with van der Waals surface area (Å²) >= 11 is 0. The maximum absolute atomic E-state index is 12.8. The predicted octanol–water partition coefficient (Wildman–Crippen LogP) is 1.37. The number of anilines is 1. The molecule has 7 heteroatoms. The van der Waals surface area contributed by atoms with Gasteiger partial charge in [-0.3, -0.25) is 14.4 Å². The minimum Gasteiger partial charge on any atom is -0.495 e. The van der Waals surface area contributed by atoms with E-state index in [1.54, 1.807) is 29.0 Å². The van der Waals surface area contributed by atoms with Crippen LogP contribution in [-0.4, -0.2) is 54.5 Å². The topological polar surface area (TPSA) is 87.2 Å². The second-order valence-corrected chi connectivity index (χ2v) is 6.54. The molecule has 2 atom stereocenters. The molecule has 3 rings (SSSR count). The first-order chi connectivity index (χ1) is 12.0. The van der Waals surface area contributed by atoms with Crippen LogP contribution in [0.4, 0.5) is 5.69 Å². The minimum atomic E-state index is -0.865. The Morgan fingerprint density at radius 2 is 1.96 bits per heavy atom. The molecule has 1 aromatic rings. The van der Waals surface area contributed by atoms with Crippen molar-refractivity contribution in [2.75, 3.05) is 31.6 Å². The second-order valence-electron chi connectivity index (χ2n) is 6.54. The smallest absolute Gasteiger partial charge is 0.308 e. The van der Waals surface area contributed by atoms with Crippen LogP contribution in [0.2, 0.25) is 0 Å². The highest BCUT2D eigenvalue weighted by Gasteiger charge is 2.39. The average Bonchev–Trinajstić information content (AvgIpc) is 3.02. The Morgan fingerprint density at radius 1 is 1.20 bits per heavy atom. The fraction of sp³-hybridized carbons (Fsp3) is 0.500. The van der Waals surface area contributed by atoms with Crippen LogP contribution in [0.25, 0.3) is 0 Å². The number of hydrogen-bond acceptors (Lipinski definition) is 4. The highest BCUT2D eigenvalue weighted by Crippen LogP contribution is 2.33. The predicted molar refractivity (Wildman–Crippen MR) is 90.4 cm³/mol. The molecule has 7 nitrogen and oxygen atoms in total. The van der Waals surface area contributed by atoms with Gasteiger partial charge >= 0.3 is 5.97 Å². The van der Waals surface area contributed by atoms with Gasteiger partial charge in [-0.25, -0.2) is 0 Å². The van der Waals surface area contributed by atoms with E-state index in [1.165, 1.54) is 0 Å². The number of hydrogen-bond donors (Lipinski definition) is 1. The number of rotatable bonds is 4. The van der Waals surface area contributed by atoms with Gasteiger partial charge in [0.25, 0.3) is 0 Å². The minimum absolute atomic E-state index is 0.116. The van der Waals surface area contributed by atoms with Crippen LogP contribution < -0.4 is 9.64 Å². The molecule has 2 aliphatic rings. The van der Waals surface area contributed by atoms with E-state index >= 15 is 0 Å². The standard InChI is InChI=1S/C18H22N2O5/c1-25-15-7-3-2-6-14(15)20-11-13(9-16(20)21)17(22)19-8-4-5-12(10-19)18(23)24/h2-3,6-7,12-13H,4-5,8-11H2,1H3,(H,23,24). The van der Waals surface area contributed by atoms with E-state index in [2.05, 4.69) is 0 Å². The summed E-state index contributed by atoms with van der Waals surface area (Å²) in [7, 11) is 1.54. The average molecular weight is 346 g/mol. The van der Waals surface area contributed by atoms with Gasteiger partial charge in [-0.2, -0.15) is 0 Å². The Bertz CT molecular complexity index is 690. The number of methoxy groups -OCH3 is 1. The van der Waals surface area contributed by atoms with Crippen molar-refractivity contribution < 1.29 is 24.2 Å². The maximum atomic E-state index is 12.8. The zero-order valence-electron chi connectivity index (χ0n) is 14.2. The molecule has 2 saturated heterocycles. The number of nitrogens with zero attached hydrogens (tertiary/aromatic N) is 2. The molecule has 2 unspecified atom stereocenters. The van der Waals surface area contributed by atoms with Gasteiger partial charge in [-0.05, 0) is 25.0 Å². The summed E-state index contributed by atoms with van der Waals surface area (Å²) in [4.78, 5) is 39.6. The number of carboxylic acids is 1. The molecule has 2 heterocycles. The Kier molecular flexibility index (Phi) is 4.92. The Morgan fingerprint density at radius 3 is 2.68 bits per heavy atom. The summed E-state index contributed by atoms with van der Waals surface area (Å²) in [5.41, 5.74) is 0.660. The number of ether oxygens (including phenoxy) is 1. The van der Waals surface area contributed by atoms with Gasteiger partial charge in [0, 0.05) is 26.1 Å². The first-order valence-electron chi connectivity index (χ1n) is 8.46. The lowest BCUT2D eigenvalue weighted by Gasteiger charge is -2.32. The first-order valence-corrected chi connectivity index (χ1v) is 8.46. The van der Waals surface area contributed by atoms with Crippen molar-refractivity contribution in [3.05, 3.63) is 24.3 Å². The third-order valence-corrected chi connectivity index (χ3v) is 4.93. The molecule has 0 saturated carbocycles. The molecule has 1 aromatic carbocycles. The molecule has 0 bridgehead atoms. The van der Waals surface area contributed by atoms with Crippen LogP contribution in [-0.2, 0) is 14.4 Å². The monoisotopic (exact) mass is 346 g/mol. The van der Waals surface area contributed by atoms with Crippen LogP contribution in [0.5, 0.6) is 5.75 Å². The van der Waals surface area contributed by atoms with Crippen LogP contribution in [0, 0.1) is 11.8 Å². The van der Waals surface area contributed by atoms with Crippen molar-refractivity contribution in [1.82, 2.24) is 4.90 Å². The summed E-state index contributed by atoms with van der Waals surface area (Å²) in [6.45, 7) is 1.09. The van der Waals surface area contributed by atoms with Gasteiger partial charge < -0.3 is 19.6 Å². The normalized spacial score (nSPS) is 23.6. The number of carbonyl (C=O) groups excluding carboxylic acids is 2. The van der Waals surface area contributed by atoms with E-state index in [4.69, 9.17) is 4.74 Å². The van der Waals surface area contributed by atoms with Gasteiger partial charge in [0.05, 0.1) is 24.6 Å². The van der Waals surface area contributed by atoms with E-state index in [-0.39, 0.29) is 24.8 Å². The van der Waals surface area contributed by atoms with Crippen molar-refractivity contribution in [2.24, 2.45) is 11.8 Å². The number of carbonyl (C=O) groups is 3. The Hall–Kier alpha value is -2.57. The van der Waals surface area contributed by atoms with Crippen molar-refractivity contribution >= 4 is 23.5 Å². The Labute approximate surface area is 146 Å². The summed E-state index contributed by atoms with van der Waals surface area (Å²) < 4.78 is 5.30. The molecular formula is C18H22N2O5. The largest absolute Gasteiger partial charge is 0.495 e. The number of benzene rings is 1. The number of aliphatic carboxylic acids is 1. The molecule has 0 radical (unpaired) electrons. The fourth-order valence-corrected chi connectivity index (χ4v) is 3.60. The highest BCUT2D eigenvalue weighted by atomic mass is 16.5. The number of likely N-dealkylation sites (tertiary alicyclic amines) is 1. The lowest BCUT2D eigenvalue weighted by Crippen LogP contribution is -2.45. The zero-order valence-corrected chi connectivity index (χ0v) is 14.2. The zero-order chi connectivity index (χ0) is 18.0. The molecule has 2 aliphatic heterocycles. The molecule has 1 N–H and O–H groups in total. The van der Waals surface area contributed by atoms with Crippen LogP contribution in [0.3, 0.4) is 0 Å². The lowest BCUT2D eigenvalue weighted by molar-refractivity contribution is -0.146. The van der Waals surface area contributed by atoms with E-state index in [0.29, 0.717) is 37.4 Å².